The third kappa shape index (κ3) is 6.51. The first-order valence-electron chi connectivity index (χ1n) is 10.1. The number of rotatable bonds is 9. The Morgan fingerprint density at radius 1 is 1.03 bits per heavy atom. The highest BCUT2D eigenvalue weighted by molar-refractivity contribution is 7.98. The Hall–Kier alpha value is -2.48. The predicted octanol–water partition coefficient (Wildman–Crippen LogP) is 5.82. The van der Waals surface area contributed by atoms with Crippen LogP contribution in [0.5, 0.6) is 0 Å². The number of anilines is 2. The Labute approximate surface area is 198 Å². The summed E-state index contributed by atoms with van der Waals surface area (Å²) in [6.45, 7) is 1.77. The van der Waals surface area contributed by atoms with Gasteiger partial charge in [-0.15, -0.1) is 11.8 Å². The Bertz CT molecular complexity index is 1150. The molecule has 0 radical (unpaired) electrons. The monoisotopic (exact) mass is 488 g/mol. The van der Waals surface area contributed by atoms with E-state index < -0.39 is 22.0 Å². The number of nitrogens with zero attached hydrogens (tertiary/aromatic N) is 1. The van der Waals surface area contributed by atoms with E-state index in [1.165, 1.54) is 11.0 Å². The van der Waals surface area contributed by atoms with E-state index in [1.807, 2.05) is 42.5 Å². The molecule has 0 unspecified atom stereocenters. The highest BCUT2D eigenvalue weighted by Gasteiger charge is 2.31. The SMILES string of the molecule is CC[C@@H](C(=O)Nc1ccc(CSc2ccccc2)cc1)N(c1cccc(Cl)c1)S(C)(=O)=O. The summed E-state index contributed by atoms with van der Waals surface area (Å²) in [6, 6.07) is 23.3. The van der Waals surface area contributed by atoms with Crippen LogP contribution in [-0.4, -0.2) is 26.6 Å². The van der Waals surface area contributed by atoms with E-state index in [0.717, 1.165) is 21.9 Å². The zero-order valence-corrected chi connectivity index (χ0v) is 20.3. The number of carbonyl (C=O) groups excluding carboxylic acids is 1. The summed E-state index contributed by atoms with van der Waals surface area (Å²) in [6.07, 6.45) is 1.39. The van der Waals surface area contributed by atoms with Gasteiger partial charge >= 0.3 is 0 Å². The molecule has 168 valence electrons. The molecule has 3 aromatic carbocycles. The smallest absolute Gasteiger partial charge is 0.248 e. The van der Waals surface area contributed by atoms with Crippen LogP contribution < -0.4 is 9.62 Å². The third-order valence-corrected chi connectivity index (χ3v) is 7.26. The van der Waals surface area contributed by atoms with Gasteiger partial charge in [0.15, 0.2) is 0 Å². The van der Waals surface area contributed by atoms with Crippen molar-refractivity contribution in [2.24, 2.45) is 0 Å². The maximum Gasteiger partial charge on any atom is 0.248 e. The summed E-state index contributed by atoms with van der Waals surface area (Å²) in [5.74, 6) is 0.413. The molecule has 0 aliphatic carbocycles. The first-order chi connectivity index (χ1) is 15.3. The number of nitrogens with one attached hydrogen (secondary N) is 1. The second-order valence-electron chi connectivity index (χ2n) is 7.25. The lowest BCUT2D eigenvalue weighted by Crippen LogP contribution is -2.47. The lowest BCUT2D eigenvalue weighted by Gasteiger charge is -2.30. The Kier molecular flexibility index (Phi) is 8.23. The van der Waals surface area contributed by atoms with E-state index in [0.29, 0.717) is 22.8 Å². The van der Waals surface area contributed by atoms with Gasteiger partial charge in [-0.05, 0) is 54.4 Å². The summed E-state index contributed by atoms with van der Waals surface area (Å²) in [7, 11) is -3.71. The minimum atomic E-state index is -3.71. The standard InChI is InChI=1S/C24H25ClN2O3S2/c1-3-23(27(32(2,29)30)21-9-7-8-19(25)16-21)24(28)26-20-14-12-18(13-15-20)17-31-22-10-5-4-6-11-22/h4-16,23H,3,17H2,1-2H3,(H,26,28)/t23-/m0/s1. The third-order valence-electron chi connectivity index (χ3n) is 4.76. The molecule has 32 heavy (non-hydrogen) atoms. The second kappa shape index (κ2) is 10.9. The number of amides is 1. The highest BCUT2D eigenvalue weighted by Crippen LogP contribution is 2.27. The normalized spacial score (nSPS) is 12.2. The van der Waals surface area contributed by atoms with Gasteiger partial charge in [0.2, 0.25) is 15.9 Å². The van der Waals surface area contributed by atoms with Gasteiger partial charge in [0.1, 0.15) is 6.04 Å². The lowest BCUT2D eigenvalue weighted by atomic mass is 10.1. The maximum absolute atomic E-state index is 13.0. The van der Waals surface area contributed by atoms with Gasteiger partial charge < -0.3 is 5.32 Å². The topological polar surface area (TPSA) is 66.5 Å². The Balaban J connectivity index is 1.72. The van der Waals surface area contributed by atoms with Crippen LogP contribution >= 0.6 is 23.4 Å². The fraction of sp³-hybridized carbons (Fsp3) is 0.208. The average molecular weight is 489 g/mol. The number of hydrogen-bond acceptors (Lipinski definition) is 4. The molecule has 8 heteroatoms. The molecule has 1 atom stereocenters. The molecule has 3 aromatic rings. The number of thioether (sulfide) groups is 1. The number of hydrogen-bond donors (Lipinski definition) is 1. The van der Waals surface area contributed by atoms with Gasteiger partial charge in [0.25, 0.3) is 0 Å². The van der Waals surface area contributed by atoms with E-state index in [1.54, 1.807) is 36.9 Å². The number of benzene rings is 3. The van der Waals surface area contributed by atoms with E-state index in [9.17, 15) is 13.2 Å². The quantitative estimate of drug-likeness (QED) is 0.385. The van der Waals surface area contributed by atoms with Crippen molar-refractivity contribution in [3.63, 3.8) is 0 Å². The van der Waals surface area contributed by atoms with Gasteiger partial charge in [-0.25, -0.2) is 8.42 Å². The van der Waals surface area contributed by atoms with Crippen molar-refractivity contribution in [3.8, 4) is 0 Å². The molecule has 0 saturated carbocycles. The Morgan fingerprint density at radius 2 is 1.72 bits per heavy atom. The van der Waals surface area contributed by atoms with E-state index in [-0.39, 0.29) is 0 Å². The molecule has 0 aromatic heterocycles. The van der Waals surface area contributed by atoms with Crippen molar-refractivity contribution in [1.29, 1.82) is 0 Å². The zero-order chi connectivity index (χ0) is 23.1. The van der Waals surface area contributed by atoms with Crippen molar-refractivity contribution in [3.05, 3.63) is 89.4 Å². The van der Waals surface area contributed by atoms with Crippen LogP contribution in [0.25, 0.3) is 0 Å². The largest absolute Gasteiger partial charge is 0.324 e. The average Bonchev–Trinajstić information content (AvgIpc) is 2.76. The molecule has 0 saturated heterocycles. The minimum absolute atomic E-state index is 0.303. The van der Waals surface area contributed by atoms with Crippen LogP contribution in [0.2, 0.25) is 5.02 Å². The first kappa shape index (κ1) is 24.2. The van der Waals surface area contributed by atoms with Crippen LogP contribution in [0.3, 0.4) is 0 Å². The zero-order valence-electron chi connectivity index (χ0n) is 17.9. The van der Waals surface area contributed by atoms with Crippen LogP contribution in [0.1, 0.15) is 18.9 Å². The summed E-state index contributed by atoms with van der Waals surface area (Å²) < 4.78 is 26.2. The van der Waals surface area contributed by atoms with Crippen LogP contribution in [0.15, 0.2) is 83.8 Å². The van der Waals surface area contributed by atoms with Crippen molar-refractivity contribution >= 4 is 50.7 Å². The van der Waals surface area contributed by atoms with Gasteiger partial charge in [-0.3, -0.25) is 9.10 Å². The molecule has 1 N–H and O–H groups in total. The van der Waals surface area contributed by atoms with Crippen molar-refractivity contribution in [2.75, 3.05) is 15.9 Å². The molecule has 0 bridgehead atoms. The summed E-state index contributed by atoms with van der Waals surface area (Å²) in [5, 5.41) is 3.24. The second-order valence-corrected chi connectivity index (χ2v) is 10.6. The first-order valence-corrected chi connectivity index (χ1v) is 13.3. The molecule has 1 amide bonds. The number of sulfonamides is 1. The molecule has 3 rings (SSSR count). The van der Waals surface area contributed by atoms with E-state index in [4.69, 9.17) is 11.6 Å². The molecule has 0 aliphatic rings. The summed E-state index contributed by atoms with van der Waals surface area (Å²) >= 11 is 7.79. The van der Waals surface area contributed by atoms with E-state index in [2.05, 4.69) is 17.4 Å². The van der Waals surface area contributed by atoms with Gasteiger partial charge in [-0.1, -0.05) is 54.9 Å². The van der Waals surface area contributed by atoms with Crippen LogP contribution in [0.4, 0.5) is 11.4 Å². The highest BCUT2D eigenvalue weighted by atomic mass is 35.5. The maximum atomic E-state index is 13.0. The summed E-state index contributed by atoms with van der Waals surface area (Å²) in [4.78, 5) is 14.2. The fourth-order valence-electron chi connectivity index (χ4n) is 3.27. The molecule has 0 aliphatic heterocycles. The van der Waals surface area contributed by atoms with Crippen molar-refractivity contribution < 1.29 is 13.2 Å². The molecular formula is C24H25ClN2O3S2. The van der Waals surface area contributed by atoms with Crippen LogP contribution in [-0.2, 0) is 20.6 Å². The predicted molar refractivity (Wildman–Crippen MR) is 134 cm³/mol. The van der Waals surface area contributed by atoms with Gasteiger partial charge in [-0.2, -0.15) is 0 Å². The molecule has 0 spiro atoms. The Morgan fingerprint density at radius 3 is 2.31 bits per heavy atom. The van der Waals surface area contributed by atoms with Gasteiger partial charge in [0, 0.05) is 21.4 Å². The number of carbonyl (C=O) groups is 1. The lowest BCUT2D eigenvalue weighted by molar-refractivity contribution is -0.117. The fourth-order valence-corrected chi connectivity index (χ4v) is 5.53. The van der Waals surface area contributed by atoms with Gasteiger partial charge in [0.05, 0.1) is 11.9 Å². The summed E-state index contributed by atoms with van der Waals surface area (Å²) in [5.41, 5.74) is 2.09. The van der Waals surface area contributed by atoms with Crippen LogP contribution in [0, 0.1) is 0 Å². The molecule has 0 heterocycles. The molecule has 5 nitrogen and oxygen atoms in total. The van der Waals surface area contributed by atoms with Crippen molar-refractivity contribution in [1.82, 2.24) is 0 Å². The van der Waals surface area contributed by atoms with Crippen molar-refractivity contribution in [2.45, 2.75) is 30.0 Å². The minimum Gasteiger partial charge on any atom is -0.324 e. The number of halogens is 1. The van der Waals surface area contributed by atoms with E-state index >= 15 is 0 Å². The molecule has 0 fully saturated rings. The molecular weight excluding hydrogens is 464 g/mol.